The molecular weight excluding hydrogens is 274 g/mol. The van der Waals surface area contributed by atoms with Crippen LogP contribution >= 0.6 is 11.8 Å². The van der Waals surface area contributed by atoms with Crippen LogP contribution in [-0.4, -0.2) is 32.3 Å². The van der Waals surface area contributed by atoms with E-state index in [1.54, 1.807) is 16.4 Å². The van der Waals surface area contributed by atoms with Crippen LogP contribution < -0.4 is 0 Å². The molecule has 106 valence electrons. The highest BCUT2D eigenvalue weighted by Gasteiger charge is 2.20. The van der Waals surface area contributed by atoms with E-state index in [9.17, 15) is 9.90 Å². The molecule has 2 aromatic rings. The lowest BCUT2D eigenvalue weighted by Gasteiger charge is -2.10. The first-order valence-corrected chi connectivity index (χ1v) is 7.57. The molecule has 0 fully saturated rings. The molecule has 0 atom stereocenters. The highest BCUT2D eigenvalue weighted by molar-refractivity contribution is 7.98. The van der Waals surface area contributed by atoms with Gasteiger partial charge in [-0.2, -0.15) is 0 Å². The second-order valence-electron chi connectivity index (χ2n) is 4.90. The first-order valence-electron chi connectivity index (χ1n) is 6.35. The Kier molecular flexibility index (Phi) is 4.44. The fourth-order valence-corrected chi connectivity index (χ4v) is 2.44. The Morgan fingerprint density at radius 1 is 1.45 bits per heavy atom. The second-order valence-corrected chi connectivity index (χ2v) is 5.78. The van der Waals surface area contributed by atoms with Gasteiger partial charge in [0.25, 0.3) is 0 Å². The van der Waals surface area contributed by atoms with Crippen molar-refractivity contribution >= 4 is 17.7 Å². The van der Waals surface area contributed by atoms with Gasteiger partial charge in [-0.1, -0.05) is 25.1 Å². The topological polar surface area (TPSA) is 68.0 Å². The van der Waals surface area contributed by atoms with Gasteiger partial charge in [0.15, 0.2) is 5.69 Å². The number of aromatic carboxylic acids is 1. The van der Waals surface area contributed by atoms with Gasteiger partial charge in [0.1, 0.15) is 0 Å². The lowest BCUT2D eigenvalue weighted by Crippen LogP contribution is -2.09. The van der Waals surface area contributed by atoms with Crippen molar-refractivity contribution < 1.29 is 9.90 Å². The highest BCUT2D eigenvalue weighted by atomic mass is 32.2. The molecule has 20 heavy (non-hydrogen) atoms. The molecule has 0 saturated carbocycles. The molecule has 0 unspecified atom stereocenters. The molecule has 0 aliphatic heterocycles. The molecule has 0 aliphatic carbocycles. The van der Waals surface area contributed by atoms with Crippen LogP contribution in [0.15, 0.2) is 29.2 Å². The first-order chi connectivity index (χ1) is 9.52. The van der Waals surface area contributed by atoms with Crippen molar-refractivity contribution in [2.24, 2.45) is 5.92 Å². The molecule has 1 aromatic carbocycles. The van der Waals surface area contributed by atoms with E-state index in [0.717, 1.165) is 10.6 Å². The number of carbonyl (C=O) groups is 1. The third-order valence-corrected chi connectivity index (χ3v) is 3.59. The summed E-state index contributed by atoms with van der Waals surface area (Å²) in [4.78, 5) is 12.4. The molecule has 1 aromatic heterocycles. The van der Waals surface area contributed by atoms with Crippen LogP contribution in [0.5, 0.6) is 0 Å². The highest BCUT2D eigenvalue weighted by Crippen LogP contribution is 2.21. The lowest BCUT2D eigenvalue weighted by molar-refractivity contribution is 0.0689. The van der Waals surface area contributed by atoms with E-state index in [1.165, 1.54) is 0 Å². The fraction of sp³-hybridized carbons (Fsp3) is 0.357. The van der Waals surface area contributed by atoms with Gasteiger partial charge in [0.2, 0.25) is 0 Å². The van der Waals surface area contributed by atoms with Crippen LogP contribution in [0.2, 0.25) is 0 Å². The summed E-state index contributed by atoms with van der Waals surface area (Å²) < 4.78 is 1.63. The molecule has 0 radical (unpaired) electrons. The Balaban J connectivity index is 2.52. The van der Waals surface area contributed by atoms with Gasteiger partial charge in [-0.15, -0.1) is 16.9 Å². The normalized spacial score (nSPS) is 11.0. The average molecular weight is 291 g/mol. The number of nitrogens with zero attached hydrogens (tertiary/aromatic N) is 3. The third-order valence-electron chi connectivity index (χ3n) is 2.87. The monoisotopic (exact) mass is 291 g/mol. The van der Waals surface area contributed by atoms with Crippen LogP contribution in [0.1, 0.15) is 30.0 Å². The molecule has 1 N–H and O–H groups in total. The molecular formula is C14H17N3O2S. The number of rotatable bonds is 5. The molecule has 5 nitrogen and oxygen atoms in total. The summed E-state index contributed by atoms with van der Waals surface area (Å²) in [7, 11) is 0. The Morgan fingerprint density at radius 3 is 2.80 bits per heavy atom. The van der Waals surface area contributed by atoms with Crippen LogP contribution in [-0.2, 0) is 6.42 Å². The quantitative estimate of drug-likeness (QED) is 0.858. The minimum Gasteiger partial charge on any atom is -0.476 e. The van der Waals surface area contributed by atoms with Crippen LogP contribution in [0.25, 0.3) is 5.69 Å². The number of aromatic nitrogens is 3. The molecule has 2 rings (SSSR count). The van der Waals surface area contributed by atoms with E-state index < -0.39 is 5.97 Å². The fourth-order valence-electron chi connectivity index (χ4n) is 1.99. The van der Waals surface area contributed by atoms with Crippen molar-refractivity contribution in [2.75, 3.05) is 6.26 Å². The zero-order valence-electron chi connectivity index (χ0n) is 11.7. The molecule has 1 heterocycles. The van der Waals surface area contributed by atoms with Crippen LogP contribution in [0.4, 0.5) is 0 Å². The van der Waals surface area contributed by atoms with Gasteiger partial charge in [0.05, 0.1) is 11.4 Å². The van der Waals surface area contributed by atoms with Gasteiger partial charge in [0, 0.05) is 4.90 Å². The molecule has 6 heteroatoms. The number of hydrogen-bond acceptors (Lipinski definition) is 4. The van der Waals surface area contributed by atoms with Crippen molar-refractivity contribution in [3.05, 3.63) is 35.7 Å². The Morgan fingerprint density at radius 2 is 2.20 bits per heavy atom. The zero-order chi connectivity index (χ0) is 14.7. The maximum absolute atomic E-state index is 11.3. The summed E-state index contributed by atoms with van der Waals surface area (Å²) in [6, 6.07) is 7.83. The number of carboxylic acid groups (broad SMARTS) is 1. The van der Waals surface area contributed by atoms with Gasteiger partial charge >= 0.3 is 5.97 Å². The van der Waals surface area contributed by atoms with Crippen molar-refractivity contribution in [3.8, 4) is 5.69 Å². The van der Waals surface area contributed by atoms with Crippen molar-refractivity contribution in [2.45, 2.75) is 25.2 Å². The standard InChI is InChI=1S/C14H17N3O2S/c1-9(2)7-12-13(14(18)19)15-16-17(12)10-5-4-6-11(8-10)20-3/h4-6,8-9H,7H2,1-3H3,(H,18,19). The van der Waals surface area contributed by atoms with E-state index in [0.29, 0.717) is 18.0 Å². The van der Waals surface area contributed by atoms with E-state index in [1.807, 2.05) is 44.4 Å². The van der Waals surface area contributed by atoms with Crippen molar-refractivity contribution in [1.82, 2.24) is 15.0 Å². The van der Waals surface area contributed by atoms with Crippen LogP contribution in [0.3, 0.4) is 0 Å². The Hall–Kier alpha value is -1.82. The van der Waals surface area contributed by atoms with E-state index in [4.69, 9.17) is 0 Å². The van der Waals surface area contributed by atoms with Gasteiger partial charge in [-0.05, 0) is 36.8 Å². The maximum atomic E-state index is 11.3. The van der Waals surface area contributed by atoms with Crippen molar-refractivity contribution in [1.29, 1.82) is 0 Å². The van der Waals surface area contributed by atoms with Gasteiger partial charge < -0.3 is 5.11 Å². The summed E-state index contributed by atoms with van der Waals surface area (Å²) in [5.74, 6) is -0.706. The lowest BCUT2D eigenvalue weighted by atomic mass is 10.1. The first kappa shape index (κ1) is 14.6. The molecule has 0 spiro atoms. The van der Waals surface area contributed by atoms with Crippen molar-refractivity contribution in [3.63, 3.8) is 0 Å². The number of carboxylic acids is 1. The Bertz CT molecular complexity index is 623. The maximum Gasteiger partial charge on any atom is 0.358 e. The zero-order valence-corrected chi connectivity index (χ0v) is 12.5. The van der Waals surface area contributed by atoms with E-state index >= 15 is 0 Å². The molecule has 0 aliphatic rings. The van der Waals surface area contributed by atoms with Gasteiger partial charge in [-0.3, -0.25) is 0 Å². The molecule has 0 saturated heterocycles. The smallest absolute Gasteiger partial charge is 0.358 e. The summed E-state index contributed by atoms with van der Waals surface area (Å²) in [6.07, 6.45) is 2.62. The minimum absolute atomic E-state index is 0.0354. The molecule has 0 amide bonds. The third kappa shape index (κ3) is 3.01. The predicted molar refractivity (Wildman–Crippen MR) is 78.6 cm³/mol. The SMILES string of the molecule is CSc1cccc(-n2nnc(C(=O)O)c2CC(C)C)c1. The van der Waals surface area contributed by atoms with E-state index in [2.05, 4.69) is 10.3 Å². The average Bonchev–Trinajstić information content (AvgIpc) is 2.81. The summed E-state index contributed by atoms with van der Waals surface area (Å²) in [6.45, 7) is 4.09. The number of benzene rings is 1. The van der Waals surface area contributed by atoms with Crippen LogP contribution in [0, 0.1) is 5.92 Å². The number of hydrogen-bond donors (Lipinski definition) is 1. The summed E-state index contributed by atoms with van der Waals surface area (Å²) >= 11 is 1.63. The van der Waals surface area contributed by atoms with Gasteiger partial charge in [-0.25, -0.2) is 9.48 Å². The largest absolute Gasteiger partial charge is 0.476 e. The minimum atomic E-state index is -1.03. The van der Waals surface area contributed by atoms with E-state index in [-0.39, 0.29) is 5.69 Å². The predicted octanol–water partition coefficient (Wildman–Crippen LogP) is 2.89. The molecule has 0 bridgehead atoms. The second kappa shape index (κ2) is 6.09. The number of thioether (sulfide) groups is 1. The Labute approximate surface area is 122 Å². The summed E-state index contributed by atoms with van der Waals surface area (Å²) in [5.41, 5.74) is 1.52. The summed E-state index contributed by atoms with van der Waals surface area (Å²) in [5, 5.41) is 17.0.